The number of halogens is 1. The number of benzene rings is 1. The summed E-state index contributed by atoms with van der Waals surface area (Å²) >= 11 is 13.7. The number of hydrogen-bond donors (Lipinski definition) is 1. The summed E-state index contributed by atoms with van der Waals surface area (Å²) < 4.78 is 5.27. The Morgan fingerprint density at radius 1 is 1.23 bits per heavy atom. The molecule has 0 radical (unpaired) electrons. The second-order valence-corrected chi connectivity index (χ2v) is 7.60. The topological polar surface area (TPSA) is 37.4 Å². The average Bonchev–Trinajstić information content (AvgIpc) is 3.30. The Morgan fingerprint density at radius 3 is 2.77 bits per heavy atom. The SMILES string of the molecule is COc1ccc(N2C(=S)N[C@H](c3ccccn3)[C@H]2c2cccs2)cc1Cl. The normalized spacial score (nSPS) is 19.5. The number of anilines is 1. The average molecular weight is 402 g/mol. The van der Waals surface area contributed by atoms with Gasteiger partial charge in [0.25, 0.3) is 0 Å². The van der Waals surface area contributed by atoms with Gasteiger partial charge in [0.2, 0.25) is 0 Å². The molecule has 1 N–H and O–H groups in total. The molecule has 132 valence electrons. The number of pyridine rings is 1. The van der Waals surface area contributed by atoms with E-state index in [-0.39, 0.29) is 12.1 Å². The van der Waals surface area contributed by atoms with Gasteiger partial charge in [0.05, 0.1) is 29.9 Å². The number of hydrogen-bond acceptors (Lipinski definition) is 4. The maximum absolute atomic E-state index is 6.36. The van der Waals surface area contributed by atoms with E-state index in [2.05, 4.69) is 32.7 Å². The highest BCUT2D eigenvalue weighted by Crippen LogP contribution is 2.44. The van der Waals surface area contributed by atoms with Crippen molar-refractivity contribution in [3.05, 3.63) is 75.7 Å². The largest absolute Gasteiger partial charge is 0.495 e. The molecule has 4 rings (SSSR count). The molecule has 1 fully saturated rings. The minimum Gasteiger partial charge on any atom is -0.495 e. The molecule has 2 aromatic heterocycles. The molecule has 0 spiro atoms. The predicted molar refractivity (Wildman–Crippen MR) is 110 cm³/mol. The first kappa shape index (κ1) is 17.3. The van der Waals surface area contributed by atoms with Gasteiger partial charge in [-0.05, 0) is 54.0 Å². The highest BCUT2D eigenvalue weighted by atomic mass is 35.5. The molecule has 0 saturated carbocycles. The second-order valence-electron chi connectivity index (χ2n) is 5.83. The lowest BCUT2D eigenvalue weighted by atomic mass is 10.0. The number of rotatable bonds is 4. The minimum atomic E-state index is -0.0387. The molecule has 0 amide bonds. The summed E-state index contributed by atoms with van der Waals surface area (Å²) in [6.45, 7) is 0. The van der Waals surface area contributed by atoms with Crippen LogP contribution in [-0.2, 0) is 0 Å². The summed E-state index contributed by atoms with van der Waals surface area (Å²) in [6, 6.07) is 15.8. The first-order valence-corrected chi connectivity index (χ1v) is 9.73. The van der Waals surface area contributed by atoms with Crippen LogP contribution in [0.4, 0.5) is 5.69 Å². The first-order valence-electron chi connectivity index (χ1n) is 8.06. The van der Waals surface area contributed by atoms with Gasteiger partial charge in [-0.25, -0.2) is 0 Å². The van der Waals surface area contributed by atoms with Crippen LogP contribution in [0.25, 0.3) is 0 Å². The molecule has 1 saturated heterocycles. The maximum atomic E-state index is 6.36. The van der Waals surface area contributed by atoms with Crippen molar-refractivity contribution >= 4 is 46.0 Å². The van der Waals surface area contributed by atoms with Gasteiger partial charge >= 0.3 is 0 Å². The van der Waals surface area contributed by atoms with Gasteiger partial charge in [0.15, 0.2) is 5.11 Å². The Kier molecular flexibility index (Phi) is 4.80. The molecule has 0 bridgehead atoms. The van der Waals surface area contributed by atoms with Crippen LogP contribution in [0, 0.1) is 0 Å². The summed E-state index contributed by atoms with van der Waals surface area (Å²) in [7, 11) is 1.61. The van der Waals surface area contributed by atoms with E-state index in [1.165, 1.54) is 4.88 Å². The van der Waals surface area contributed by atoms with Crippen LogP contribution in [0.3, 0.4) is 0 Å². The number of ether oxygens (including phenoxy) is 1. The Balaban J connectivity index is 1.80. The van der Waals surface area contributed by atoms with Crippen molar-refractivity contribution in [2.75, 3.05) is 12.0 Å². The lowest BCUT2D eigenvalue weighted by Gasteiger charge is -2.27. The summed E-state index contributed by atoms with van der Waals surface area (Å²) in [5.74, 6) is 0.641. The zero-order valence-electron chi connectivity index (χ0n) is 13.9. The fourth-order valence-corrected chi connectivity index (χ4v) is 4.64. The zero-order valence-corrected chi connectivity index (χ0v) is 16.3. The van der Waals surface area contributed by atoms with Crippen LogP contribution in [0.15, 0.2) is 60.1 Å². The smallest absolute Gasteiger partial charge is 0.174 e. The van der Waals surface area contributed by atoms with E-state index in [9.17, 15) is 0 Å². The van der Waals surface area contributed by atoms with Gasteiger partial charge in [-0.1, -0.05) is 23.7 Å². The molecule has 1 aliphatic rings. The summed E-state index contributed by atoms with van der Waals surface area (Å²) in [4.78, 5) is 7.85. The van der Waals surface area contributed by atoms with E-state index in [1.54, 1.807) is 24.6 Å². The van der Waals surface area contributed by atoms with Gasteiger partial charge < -0.3 is 15.0 Å². The predicted octanol–water partition coefficient (Wildman–Crippen LogP) is 4.98. The Labute approximate surface area is 166 Å². The first-order chi connectivity index (χ1) is 12.7. The molecule has 4 nitrogen and oxygen atoms in total. The molecule has 0 aliphatic carbocycles. The standard InChI is InChI=1S/C19H16ClN3OS2/c1-24-15-8-7-12(11-13(15)20)23-18(16-6-4-10-26-16)17(22-19(23)25)14-5-2-3-9-21-14/h2-11,17-18H,1H3,(H,22,25)/t17-,18-/m1/s1. The number of methoxy groups -OCH3 is 1. The molecular formula is C19H16ClN3OS2. The fourth-order valence-electron chi connectivity index (χ4n) is 3.19. The Hall–Kier alpha value is -2.15. The fraction of sp³-hybridized carbons (Fsp3) is 0.158. The molecule has 0 unspecified atom stereocenters. The lowest BCUT2D eigenvalue weighted by molar-refractivity contribution is 0.415. The van der Waals surface area contributed by atoms with Gasteiger partial charge in [-0.15, -0.1) is 11.3 Å². The Morgan fingerprint density at radius 2 is 2.12 bits per heavy atom. The van der Waals surface area contributed by atoms with E-state index < -0.39 is 0 Å². The third kappa shape index (κ3) is 3.05. The number of aromatic nitrogens is 1. The summed E-state index contributed by atoms with van der Waals surface area (Å²) in [6.07, 6.45) is 1.80. The van der Waals surface area contributed by atoms with E-state index in [0.717, 1.165) is 11.4 Å². The van der Waals surface area contributed by atoms with Gasteiger partial charge in [-0.3, -0.25) is 4.98 Å². The minimum absolute atomic E-state index is 0.00172. The molecule has 3 heterocycles. The van der Waals surface area contributed by atoms with Gasteiger partial charge in [0, 0.05) is 16.8 Å². The molecule has 2 atom stereocenters. The van der Waals surface area contributed by atoms with Gasteiger partial charge in [-0.2, -0.15) is 0 Å². The molecule has 1 aliphatic heterocycles. The maximum Gasteiger partial charge on any atom is 0.174 e. The zero-order chi connectivity index (χ0) is 18.1. The highest BCUT2D eigenvalue weighted by molar-refractivity contribution is 7.80. The van der Waals surface area contributed by atoms with Crippen LogP contribution in [-0.4, -0.2) is 17.2 Å². The lowest BCUT2D eigenvalue weighted by Crippen LogP contribution is -2.29. The Bertz CT molecular complexity index is 918. The summed E-state index contributed by atoms with van der Waals surface area (Å²) in [5.41, 5.74) is 1.88. The van der Waals surface area contributed by atoms with Gasteiger partial charge in [0.1, 0.15) is 5.75 Å². The molecular weight excluding hydrogens is 386 g/mol. The number of thiocarbonyl (C=S) groups is 1. The molecule has 26 heavy (non-hydrogen) atoms. The molecule has 7 heteroatoms. The van der Waals surface area contributed by atoms with Crippen LogP contribution in [0.2, 0.25) is 5.02 Å². The van der Waals surface area contributed by atoms with Crippen LogP contribution in [0.5, 0.6) is 5.75 Å². The van der Waals surface area contributed by atoms with Crippen LogP contribution in [0.1, 0.15) is 22.7 Å². The van der Waals surface area contributed by atoms with Crippen molar-refractivity contribution < 1.29 is 4.74 Å². The van der Waals surface area contributed by atoms with Crippen molar-refractivity contribution in [1.29, 1.82) is 0 Å². The highest BCUT2D eigenvalue weighted by Gasteiger charge is 2.41. The third-order valence-electron chi connectivity index (χ3n) is 4.35. The van der Waals surface area contributed by atoms with E-state index in [1.807, 2.05) is 36.4 Å². The monoisotopic (exact) mass is 401 g/mol. The van der Waals surface area contributed by atoms with Crippen LogP contribution >= 0.6 is 35.2 Å². The van der Waals surface area contributed by atoms with Crippen molar-refractivity contribution in [3.63, 3.8) is 0 Å². The number of thiophene rings is 1. The summed E-state index contributed by atoms with van der Waals surface area (Å²) in [5, 5.41) is 6.71. The van der Waals surface area contributed by atoms with E-state index in [4.69, 9.17) is 28.6 Å². The van der Waals surface area contributed by atoms with Crippen molar-refractivity contribution in [3.8, 4) is 5.75 Å². The van der Waals surface area contributed by atoms with Crippen molar-refractivity contribution in [2.45, 2.75) is 12.1 Å². The second kappa shape index (κ2) is 7.23. The van der Waals surface area contributed by atoms with Crippen molar-refractivity contribution in [1.82, 2.24) is 10.3 Å². The number of nitrogens with one attached hydrogen (secondary N) is 1. The van der Waals surface area contributed by atoms with E-state index >= 15 is 0 Å². The van der Waals surface area contributed by atoms with Crippen molar-refractivity contribution in [2.24, 2.45) is 0 Å². The molecule has 3 aromatic rings. The molecule has 1 aromatic carbocycles. The van der Waals surface area contributed by atoms with Crippen LogP contribution < -0.4 is 15.0 Å². The third-order valence-corrected chi connectivity index (χ3v) is 5.90. The van der Waals surface area contributed by atoms with E-state index in [0.29, 0.717) is 15.9 Å². The number of nitrogens with zero attached hydrogens (tertiary/aromatic N) is 2. The quantitative estimate of drug-likeness (QED) is 0.624.